The van der Waals surface area contributed by atoms with Gasteiger partial charge in [0, 0.05) is 48.1 Å². The van der Waals surface area contributed by atoms with Gasteiger partial charge < -0.3 is 30.1 Å². The summed E-state index contributed by atoms with van der Waals surface area (Å²) in [7, 11) is 0. The van der Waals surface area contributed by atoms with Crippen LogP contribution >= 0.6 is 0 Å². The van der Waals surface area contributed by atoms with Crippen LogP contribution in [-0.4, -0.2) is 61.1 Å². The van der Waals surface area contributed by atoms with E-state index in [0.717, 1.165) is 5.56 Å². The largest absolute Gasteiger partial charge is 0.508 e. The van der Waals surface area contributed by atoms with Gasteiger partial charge in [-0.05, 0) is 122 Å². The predicted octanol–water partition coefficient (Wildman–Crippen LogP) is 7.90. The number of nitrogens with one attached hydrogen (secondary N) is 1. The summed E-state index contributed by atoms with van der Waals surface area (Å²) in [5, 5.41) is 59.5. The van der Waals surface area contributed by atoms with Gasteiger partial charge in [-0.1, -0.05) is 0 Å². The van der Waals surface area contributed by atoms with E-state index in [2.05, 4.69) is 27.5 Å². The van der Waals surface area contributed by atoms with Gasteiger partial charge in [-0.15, -0.1) is 0 Å². The first-order valence-corrected chi connectivity index (χ1v) is 17.9. The minimum absolute atomic E-state index is 0.0741. The predicted molar refractivity (Wildman–Crippen MR) is 215 cm³/mol. The Labute approximate surface area is 339 Å². The van der Waals surface area contributed by atoms with Gasteiger partial charge in [0.05, 0.1) is 47.9 Å². The van der Waals surface area contributed by atoms with Crippen molar-refractivity contribution >= 4 is 23.5 Å². The highest BCUT2D eigenvalue weighted by molar-refractivity contribution is 6.04. The van der Waals surface area contributed by atoms with Gasteiger partial charge in [0.1, 0.15) is 29.0 Å². The average molecular weight is 792 g/mol. The summed E-state index contributed by atoms with van der Waals surface area (Å²) in [6, 6.07) is 37.1. The molecule has 6 aromatic rings. The minimum Gasteiger partial charge on any atom is -0.508 e. The molecule has 0 atom stereocenters. The van der Waals surface area contributed by atoms with E-state index in [1.165, 1.54) is 36.4 Å². The quantitative estimate of drug-likeness (QED) is 0.0767. The van der Waals surface area contributed by atoms with E-state index < -0.39 is 11.9 Å². The molecule has 0 unspecified atom stereocenters. The molecule has 0 spiro atoms. The molecule has 1 amide bonds. The van der Waals surface area contributed by atoms with Crippen molar-refractivity contribution in [1.29, 1.82) is 15.8 Å². The lowest BCUT2D eigenvalue weighted by atomic mass is 10.2. The maximum atomic E-state index is 12.6. The van der Waals surface area contributed by atoms with Crippen molar-refractivity contribution in [2.75, 3.05) is 18.5 Å². The van der Waals surface area contributed by atoms with Crippen LogP contribution in [-0.2, 0) is 0 Å². The number of aromatic carboxylic acids is 2. The van der Waals surface area contributed by atoms with Gasteiger partial charge in [0.15, 0.2) is 0 Å². The van der Waals surface area contributed by atoms with E-state index in [9.17, 15) is 19.6 Å². The van der Waals surface area contributed by atoms with E-state index in [4.69, 9.17) is 35.3 Å². The zero-order valence-electron chi connectivity index (χ0n) is 31.4. The number of ether oxygens (including phenoxy) is 2. The molecule has 0 saturated carbocycles. The maximum absolute atomic E-state index is 12.6. The fourth-order valence-electron chi connectivity index (χ4n) is 4.88. The van der Waals surface area contributed by atoms with Crippen molar-refractivity contribution in [2.24, 2.45) is 0 Å². The molecule has 59 heavy (non-hydrogen) atoms. The number of hydrogen-bond donors (Lipinski definition) is 4. The summed E-state index contributed by atoms with van der Waals surface area (Å²) >= 11 is 0. The standard InChI is InChI=1S/C26H20N6O2.C11H11NO3.C7H6O3/c27-13-1-2-15-34-24-11-5-19(6-12-24)26(33)30-21-7-9-22(10-8-21)32-23(17-28)16-25(31-32)20-4-3-14-29-18-20;12-7-1-2-8-15-10-5-3-9(4-6-10)11(13)14;8-6-3-1-5(2-4-6)7(9)10/h3-12,14,16,18H,1-2,15H2,(H,30,33);3-6H,1-2,8H2,(H,13,14);1-4,8H,(H,9,10). The van der Waals surface area contributed by atoms with Crippen molar-refractivity contribution in [3.63, 3.8) is 0 Å². The number of pyridine rings is 1. The maximum Gasteiger partial charge on any atom is 0.335 e. The van der Waals surface area contributed by atoms with E-state index in [1.54, 1.807) is 83.8 Å². The molecule has 2 heterocycles. The summed E-state index contributed by atoms with van der Waals surface area (Å²) in [5.41, 5.74) is 4.09. The Kier molecular flexibility index (Phi) is 16.7. The van der Waals surface area contributed by atoms with Gasteiger partial charge in [-0.25, -0.2) is 14.3 Å². The van der Waals surface area contributed by atoms with Gasteiger partial charge in [-0.2, -0.15) is 20.9 Å². The monoisotopic (exact) mass is 791 g/mol. The number of phenolic OH excluding ortho intramolecular Hbond substituents is 1. The molecule has 15 nitrogen and oxygen atoms in total. The second-order valence-corrected chi connectivity index (χ2v) is 12.1. The molecular weight excluding hydrogens is 755 g/mol. The van der Waals surface area contributed by atoms with E-state index >= 15 is 0 Å². The van der Waals surface area contributed by atoms with Crippen LogP contribution in [0.1, 0.15) is 62.5 Å². The van der Waals surface area contributed by atoms with E-state index in [1.807, 2.05) is 18.2 Å². The first-order valence-electron chi connectivity index (χ1n) is 17.9. The molecule has 0 aliphatic heterocycles. The first-order chi connectivity index (χ1) is 28.6. The number of rotatable bonds is 14. The molecule has 15 heteroatoms. The topological polar surface area (TPSA) is 244 Å². The third kappa shape index (κ3) is 14.0. The number of unbranched alkanes of at least 4 members (excludes halogenated alkanes) is 2. The summed E-state index contributed by atoms with van der Waals surface area (Å²) in [6.07, 6.45) is 5.63. The summed E-state index contributed by atoms with van der Waals surface area (Å²) in [5.74, 6) is -0.842. The van der Waals surface area contributed by atoms with Crippen LogP contribution < -0.4 is 14.8 Å². The van der Waals surface area contributed by atoms with Crippen LogP contribution in [0.2, 0.25) is 0 Å². The zero-order valence-corrected chi connectivity index (χ0v) is 31.4. The number of phenols is 1. The highest BCUT2D eigenvalue weighted by Gasteiger charge is 2.12. The lowest BCUT2D eigenvalue weighted by Gasteiger charge is -2.09. The van der Waals surface area contributed by atoms with Gasteiger partial charge in [0.2, 0.25) is 0 Å². The van der Waals surface area contributed by atoms with Crippen molar-refractivity contribution < 1.29 is 39.2 Å². The number of aromatic nitrogens is 3. The first kappa shape index (κ1) is 43.3. The van der Waals surface area contributed by atoms with Crippen molar-refractivity contribution in [3.8, 4) is 52.4 Å². The van der Waals surface area contributed by atoms with Crippen LogP contribution in [0.5, 0.6) is 17.2 Å². The van der Waals surface area contributed by atoms with Crippen LogP contribution in [0.15, 0.2) is 128 Å². The smallest absolute Gasteiger partial charge is 0.335 e. The van der Waals surface area contributed by atoms with Crippen molar-refractivity contribution in [3.05, 3.63) is 150 Å². The number of carbonyl (C=O) groups is 3. The van der Waals surface area contributed by atoms with Gasteiger partial charge in [0.25, 0.3) is 5.91 Å². The Balaban J connectivity index is 0.000000251. The molecule has 4 N–H and O–H groups in total. The molecule has 296 valence electrons. The lowest BCUT2D eigenvalue weighted by Crippen LogP contribution is -2.12. The Morgan fingerprint density at radius 3 is 1.69 bits per heavy atom. The van der Waals surface area contributed by atoms with Crippen LogP contribution in [0.25, 0.3) is 16.9 Å². The fraction of sp³-hybridized carbons (Fsp3) is 0.136. The molecule has 0 saturated heterocycles. The molecule has 0 radical (unpaired) electrons. The third-order valence-electron chi connectivity index (χ3n) is 7.89. The minimum atomic E-state index is -0.986. The zero-order chi connectivity index (χ0) is 42.4. The van der Waals surface area contributed by atoms with Crippen molar-refractivity contribution in [1.82, 2.24) is 14.8 Å². The normalized spacial score (nSPS) is 9.78. The van der Waals surface area contributed by atoms with Gasteiger partial charge in [-0.3, -0.25) is 9.78 Å². The molecule has 0 fully saturated rings. The van der Waals surface area contributed by atoms with Crippen LogP contribution in [0.4, 0.5) is 5.69 Å². The molecule has 0 aliphatic rings. The van der Waals surface area contributed by atoms with Crippen LogP contribution in [0, 0.1) is 34.0 Å². The Morgan fingerprint density at radius 2 is 1.22 bits per heavy atom. The number of carboxylic acids is 2. The third-order valence-corrected chi connectivity index (χ3v) is 7.89. The molecule has 2 aromatic heterocycles. The summed E-state index contributed by atoms with van der Waals surface area (Å²) in [6.45, 7) is 0.929. The lowest BCUT2D eigenvalue weighted by molar-refractivity contribution is 0.0686. The molecule has 4 aromatic carbocycles. The van der Waals surface area contributed by atoms with E-state index in [0.29, 0.717) is 78.7 Å². The second-order valence-electron chi connectivity index (χ2n) is 12.1. The molecule has 6 rings (SSSR count). The Bertz CT molecular complexity index is 2410. The highest BCUT2D eigenvalue weighted by atomic mass is 16.5. The SMILES string of the molecule is N#CCCCOc1ccc(C(=O)Nc2ccc(-n3nc(-c4cccnc4)cc3C#N)cc2)cc1.N#CCCCOc1ccc(C(=O)O)cc1.O=C(O)c1ccc(O)cc1. The molecular formula is C44H37N7O8. The highest BCUT2D eigenvalue weighted by Crippen LogP contribution is 2.22. The number of nitrogens with zero attached hydrogens (tertiary/aromatic N) is 6. The second kappa shape index (κ2) is 22.8. The number of anilines is 1. The van der Waals surface area contributed by atoms with Gasteiger partial charge >= 0.3 is 11.9 Å². The number of hydrogen-bond acceptors (Lipinski definition) is 11. The van der Waals surface area contributed by atoms with E-state index in [-0.39, 0.29) is 22.8 Å². The Morgan fingerprint density at radius 1 is 0.695 bits per heavy atom. The summed E-state index contributed by atoms with van der Waals surface area (Å²) in [4.78, 5) is 37.4. The number of nitriles is 3. The number of carbonyl (C=O) groups excluding carboxylic acids is 1. The molecule has 0 aliphatic carbocycles. The number of amides is 1. The fourth-order valence-corrected chi connectivity index (χ4v) is 4.88. The number of carboxylic acid groups (broad SMARTS) is 2. The number of benzene rings is 4. The average Bonchev–Trinajstić information content (AvgIpc) is 3.70. The van der Waals surface area contributed by atoms with Crippen molar-refractivity contribution in [2.45, 2.75) is 25.7 Å². The van der Waals surface area contributed by atoms with Crippen LogP contribution in [0.3, 0.4) is 0 Å². The number of aromatic hydroxyl groups is 1. The molecule has 0 bridgehead atoms. The summed E-state index contributed by atoms with van der Waals surface area (Å²) < 4.78 is 12.4. The Hall–Kier alpha value is -8.48.